The Bertz CT molecular complexity index is 1340. The lowest BCUT2D eigenvalue weighted by molar-refractivity contribution is -0.171. The van der Waals surface area contributed by atoms with Gasteiger partial charge in [0.2, 0.25) is 23.6 Å². The zero-order valence-electron chi connectivity index (χ0n) is 26.9. The Hall–Kier alpha value is -3.68. The number of rotatable bonds is 11. The minimum absolute atomic E-state index is 0.00412. The zero-order chi connectivity index (χ0) is 31.4. The molecule has 0 radical (unpaired) electrons. The molecule has 0 aromatic heterocycles. The molecule has 2 saturated heterocycles. The number of amides is 3. The van der Waals surface area contributed by atoms with Crippen LogP contribution in [0.2, 0.25) is 0 Å². The van der Waals surface area contributed by atoms with E-state index >= 15 is 0 Å². The molecule has 3 aliphatic rings. The van der Waals surface area contributed by atoms with Crippen LogP contribution in [0.4, 0.5) is 0 Å². The minimum atomic E-state index is -0.869. The quantitative estimate of drug-likeness (QED) is 0.343. The summed E-state index contributed by atoms with van der Waals surface area (Å²) in [5.74, 6) is 0.831. The fourth-order valence-corrected chi connectivity index (χ4v) is 7.47. The van der Waals surface area contributed by atoms with Gasteiger partial charge < -0.3 is 19.4 Å². The average Bonchev–Trinajstić information content (AvgIpc) is 3.44. The highest BCUT2D eigenvalue weighted by molar-refractivity contribution is 6.00. The summed E-state index contributed by atoms with van der Waals surface area (Å²) in [7, 11) is 0. The summed E-state index contributed by atoms with van der Waals surface area (Å²) in [6.45, 7) is 12.1. The van der Waals surface area contributed by atoms with Crippen LogP contribution in [0.3, 0.4) is 0 Å². The molecule has 8 heteroatoms. The maximum atomic E-state index is 14.5. The van der Waals surface area contributed by atoms with Crippen LogP contribution in [0.1, 0.15) is 77.8 Å². The van der Waals surface area contributed by atoms with Gasteiger partial charge in [0.05, 0.1) is 6.61 Å². The number of carbonyl (C=O) groups is 3. The van der Waals surface area contributed by atoms with Gasteiger partial charge in [-0.25, -0.2) is 4.99 Å². The third-order valence-electron chi connectivity index (χ3n) is 9.46. The van der Waals surface area contributed by atoms with Crippen LogP contribution in [0.15, 0.2) is 65.7 Å². The molecular formula is C36H48N4O4. The van der Waals surface area contributed by atoms with Gasteiger partial charge in [-0.3, -0.25) is 14.4 Å². The van der Waals surface area contributed by atoms with Crippen molar-refractivity contribution in [3.05, 3.63) is 71.8 Å². The molecule has 0 unspecified atom stereocenters. The smallest absolute Gasteiger partial charge is 0.249 e. The standard InChI is InChI=1S/C36H48N4O4/c1-6-44-32-30(25(2)3)38(23-27-15-9-7-10-16-27)33(41)29(37-32)19-13-20-36-21-14-22-40(36)34(42)31(26(4)5)39(35(36)43)24-28-17-11-8-12-18-28/h7-12,15-18,25-26,29-31H,6,13-14,19-24H2,1-5H3/t29-,30+,31+,36+/m1/s1. The van der Waals surface area contributed by atoms with Crippen LogP contribution < -0.4 is 0 Å². The van der Waals surface area contributed by atoms with E-state index in [0.29, 0.717) is 57.8 Å². The van der Waals surface area contributed by atoms with Gasteiger partial charge in [0, 0.05) is 19.6 Å². The predicted octanol–water partition coefficient (Wildman–Crippen LogP) is 5.46. The van der Waals surface area contributed by atoms with E-state index in [0.717, 1.165) is 17.5 Å². The van der Waals surface area contributed by atoms with Crippen molar-refractivity contribution in [1.29, 1.82) is 0 Å². The largest absolute Gasteiger partial charge is 0.480 e. The Morgan fingerprint density at radius 1 is 0.841 bits per heavy atom. The first-order valence-corrected chi connectivity index (χ1v) is 16.4. The summed E-state index contributed by atoms with van der Waals surface area (Å²) in [5, 5.41) is 0. The summed E-state index contributed by atoms with van der Waals surface area (Å²) < 4.78 is 6.05. The topological polar surface area (TPSA) is 82.5 Å². The van der Waals surface area contributed by atoms with E-state index in [2.05, 4.69) is 13.8 Å². The molecule has 0 saturated carbocycles. The van der Waals surface area contributed by atoms with Gasteiger partial charge >= 0.3 is 0 Å². The lowest BCUT2D eigenvalue weighted by Gasteiger charge is -2.50. The fraction of sp³-hybridized carbons (Fsp3) is 0.556. The molecule has 44 heavy (non-hydrogen) atoms. The zero-order valence-corrected chi connectivity index (χ0v) is 26.9. The van der Waals surface area contributed by atoms with Crippen LogP contribution in [-0.2, 0) is 32.2 Å². The van der Waals surface area contributed by atoms with Crippen LogP contribution in [-0.4, -0.2) is 75.1 Å². The summed E-state index contributed by atoms with van der Waals surface area (Å²) in [6, 6.07) is 18.7. The third-order valence-corrected chi connectivity index (χ3v) is 9.46. The first kappa shape index (κ1) is 31.7. The minimum Gasteiger partial charge on any atom is -0.480 e. The number of ether oxygens (including phenoxy) is 1. The van der Waals surface area contributed by atoms with E-state index in [1.165, 1.54) is 0 Å². The summed E-state index contributed by atoms with van der Waals surface area (Å²) in [4.78, 5) is 53.0. The Morgan fingerprint density at radius 3 is 2.00 bits per heavy atom. The van der Waals surface area contributed by atoms with Crippen molar-refractivity contribution in [3.63, 3.8) is 0 Å². The van der Waals surface area contributed by atoms with Crippen molar-refractivity contribution in [2.24, 2.45) is 16.8 Å². The number of hydrogen-bond donors (Lipinski definition) is 0. The molecule has 0 bridgehead atoms. The van der Waals surface area contributed by atoms with Crippen molar-refractivity contribution in [3.8, 4) is 0 Å². The fourth-order valence-electron chi connectivity index (χ4n) is 7.47. The molecule has 3 aliphatic heterocycles. The van der Waals surface area contributed by atoms with Gasteiger partial charge in [0.15, 0.2) is 0 Å². The molecule has 3 heterocycles. The molecule has 4 atom stereocenters. The van der Waals surface area contributed by atoms with E-state index < -0.39 is 17.6 Å². The summed E-state index contributed by atoms with van der Waals surface area (Å²) >= 11 is 0. The summed E-state index contributed by atoms with van der Waals surface area (Å²) in [6.07, 6.45) is 3.07. The molecule has 5 rings (SSSR count). The van der Waals surface area contributed by atoms with Gasteiger partial charge in [0.1, 0.15) is 23.7 Å². The molecule has 2 aromatic rings. The Morgan fingerprint density at radius 2 is 1.43 bits per heavy atom. The third kappa shape index (κ3) is 6.13. The number of benzene rings is 2. The monoisotopic (exact) mass is 600 g/mol. The first-order valence-electron chi connectivity index (χ1n) is 16.4. The SMILES string of the molecule is CCOC1=N[C@H](CCC[C@@]23CCCN2C(=O)[C@H](C(C)C)N(Cc2ccccc2)C3=O)C(=O)N(Cc2ccccc2)[C@H]1C(C)C. The lowest BCUT2D eigenvalue weighted by atomic mass is 9.82. The average molecular weight is 601 g/mol. The van der Waals surface area contributed by atoms with Crippen LogP contribution in [0, 0.1) is 11.8 Å². The van der Waals surface area contributed by atoms with E-state index in [-0.39, 0.29) is 35.6 Å². The van der Waals surface area contributed by atoms with Crippen molar-refractivity contribution in [2.45, 2.75) is 103 Å². The predicted molar refractivity (Wildman–Crippen MR) is 172 cm³/mol. The van der Waals surface area contributed by atoms with E-state index in [1.807, 2.05) is 96.1 Å². The highest BCUT2D eigenvalue weighted by atomic mass is 16.5. The molecule has 236 valence electrons. The molecule has 2 fully saturated rings. The number of hydrogen-bond acceptors (Lipinski definition) is 5. The van der Waals surface area contributed by atoms with Crippen molar-refractivity contribution in [1.82, 2.24) is 14.7 Å². The number of aliphatic imine (C=N–C) groups is 1. The van der Waals surface area contributed by atoms with E-state index in [4.69, 9.17) is 9.73 Å². The molecule has 0 spiro atoms. The summed E-state index contributed by atoms with van der Waals surface area (Å²) in [5.41, 5.74) is 1.21. The Labute approximate surface area is 262 Å². The molecular weight excluding hydrogens is 552 g/mol. The second kappa shape index (κ2) is 13.5. The second-order valence-corrected chi connectivity index (χ2v) is 13.2. The highest BCUT2D eigenvalue weighted by Gasteiger charge is 2.58. The normalized spacial score (nSPS) is 25.6. The van der Waals surface area contributed by atoms with Gasteiger partial charge in [0.25, 0.3) is 0 Å². The van der Waals surface area contributed by atoms with Crippen LogP contribution >= 0.6 is 0 Å². The van der Waals surface area contributed by atoms with Crippen LogP contribution in [0.25, 0.3) is 0 Å². The second-order valence-electron chi connectivity index (χ2n) is 13.2. The van der Waals surface area contributed by atoms with Crippen molar-refractivity contribution < 1.29 is 19.1 Å². The molecule has 2 aromatic carbocycles. The maximum absolute atomic E-state index is 14.5. The maximum Gasteiger partial charge on any atom is 0.249 e. The number of piperazine rings is 1. The lowest BCUT2D eigenvalue weighted by Crippen LogP contribution is -2.70. The molecule has 3 amide bonds. The Kier molecular flexibility index (Phi) is 9.76. The van der Waals surface area contributed by atoms with Gasteiger partial charge in [-0.1, -0.05) is 88.4 Å². The number of nitrogens with zero attached hydrogens (tertiary/aromatic N) is 4. The van der Waals surface area contributed by atoms with Gasteiger partial charge in [-0.15, -0.1) is 0 Å². The van der Waals surface area contributed by atoms with Crippen LogP contribution in [0.5, 0.6) is 0 Å². The van der Waals surface area contributed by atoms with Crippen molar-refractivity contribution in [2.75, 3.05) is 13.2 Å². The highest BCUT2D eigenvalue weighted by Crippen LogP contribution is 2.42. The number of fused-ring (bicyclic) bond motifs is 1. The number of carbonyl (C=O) groups excluding carboxylic acids is 3. The molecule has 8 nitrogen and oxygen atoms in total. The van der Waals surface area contributed by atoms with Crippen molar-refractivity contribution >= 4 is 23.6 Å². The molecule has 0 N–H and O–H groups in total. The van der Waals surface area contributed by atoms with E-state index in [9.17, 15) is 14.4 Å². The van der Waals surface area contributed by atoms with Gasteiger partial charge in [-0.2, -0.15) is 0 Å². The Balaban J connectivity index is 1.38. The van der Waals surface area contributed by atoms with E-state index in [1.54, 1.807) is 0 Å². The molecule has 0 aliphatic carbocycles. The van der Waals surface area contributed by atoms with Gasteiger partial charge in [-0.05, 0) is 62.0 Å². The first-order chi connectivity index (χ1) is 21.2.